The Balaban J connectivity index is 2.55. The number of likely N-dealkylation sites (N-methyl/N-ethyl adjacent to an activating group) is 1. The number of hydrogen-bond acceptors (Lipinski definition) is 3. The number of nitrogens with one attached hydrogen (secondary N) is 1. The molecular formula is C17H29N3O. The van der Waals surface area contributed by atoms with E-state index in [0.29, 0.717) is 12.3 Å². The Hall–Kier alpha value is -1.39. The normalized spacial score (nSPS) is 14.2. The summed E-state index contributed by atoms with van der Waals surface area (Å²) in [6.07, 6.45) is 1.53. The van der Waals surface area contributed by atoms with Gasteiger partial charge in [-0.05, 0) is 38.4 Å². The van der Waals surface area contributed by atoms with Gasteiger partial charge in [0.15, 0.2) is 0 Å². The van der Waals surface area contributed by atoms with Crippen LogP contribution in [0.15, 0.2) is 30.3 Å². The van der Waals surface area contributed by atoms with E-state index in [1.54, 1.807) is 0 Å². The largest absolute Gasteiger partial charge is 0.351 e. The molecule has 1 amide bonds. The third kappa shape index (κ3) is 7.25. The van der Waals surface area contributed by atoms with E-state index >= 15 is 0 Å². The predicted octanol–water partition coefficient (Wildman–Crippen LogP) is 1.65. The van der Waals surface area contributed by atoms with E-state index in [4.69, 9.17) is 5.73 Å². The highest BCUT2D eigenvalue weighted by atomic mass is 16.2. The fraction of sp³-hybridized carbons (Fsp3) is 0.588. The average molecular weight is 291 g/mol. The standard InChI is InChI=1S/C17H29N3O/c1-13(2)10-15(12-20(3)4)19-17(21)16(18)11-14-8-6-5-7-9-14/h5-9,13,15-16H,10-12,18H2,1-4H3,(H,19,21)/t15?,16-/m0/s1. The van der Waals surface area contributed by atoms with Crippen LogP contribution in [-0.2, 0) is 11.2 Å². The number of amides is 1. The zero-order valence-electron chi connectivity index (χ0n) is 13.7. The van der Waals surface area contributed by atoms with Gasteiger partial charge in [0.05, 0.1) is 6.04 Å². The number of carbonyl (C=O) groups excluding carboxylic acids is 1. The molecule has 0 heterocycles. The van der Waals surface area contributed by atoms with Gasteiger partial charge in [-0.1, -0.05) is 44.2 Å². The number of nitrogens with two attached hydrogens (primary N) is 1. The lowest BCUT2D eigenvalue weighted by Crippen LogP contribution is -2.49. The Kier molecular flexibility index (Phi) is 7.40. The molecule has 0 bridgehead atoms. The second-order valence-electron chi connectivity index (χ2n) is 6.39. The molecule has 0 radical (unpaired) electrons. The molecule has 0 spiro atoms. The third-order valence-corrected chi connectivity index (χ3v) is 3.32. The summed E-state index contributed by atoms with van der Waals surface area (Å²) in [7, 11) is 4.03. The quantitative estimate of drug-likeness (QED) is 0.765. The topological polar surface area (TPSA) is 58.4 Å². The van der Waals surface area contributed by atoms with Gasteiger partial charge >= 0.3 is 0 Å². The zero-order chi connectivity index (χ0) is 15.8. The van der Waals surface area contributed by atoms with Crippen LogP contribution in [0.25, 0.3) is 0 Å². The minimum absolute atomic E-state index is 0.0636. The van der Waals surface area contributed by atoms with Gasteiger partial charge in [-0.15, -0.1) is 0 Å². The minimum atomic E-state index is -0.496. The van der Waals surface area contributed by atoms with Crippen molar-refractivity contribution >= 4 is 5.91 Å². The van der Waals surface area contributed by atoms with Crippen molar-refractivity contribution in [2.75, 3.05) is 20.6 Å². The van der Waals surface area contributed by atoms with Crippen LogP contribution in [0.2, 0.25) is 0 Å². The Labute approximate surface area is 128 Å². The second-order valence-corrected chi connectivity index (χ2v) is 6.39. The highest BCUT2D eigenvalue weighted by Crippen LogP contribution is 2.07. The third-order valence-electron chi connectivity index (χ3n) is 3.32. The molecule has 2 atom stereocenters. The van der Waals surface area contributed by atoms with Crippen molar-refractivity contribution in [2.24, 2.45) is 11.7 Å². The summed E-state index contributed by atoms with van der Waals surface area (Å²) in [5, 5.41) is 3.09. The van der Waals surface area contributed by atoms with E-state index in [0.717, 1.165) is 18.5 Å². The van der Waals surface area contributed by atoms with Crippen molar-refractivity contribution in [1.82, 2.24) is 10.2 Å². The molecule has 0 aromatic heterocycles. The Morgan fingerprint density at radius 1 is 1.24 bits per heavy atom. The number of rotatable bonds is 8. The van der Waals surface area contributed by atoms with Crippen LogP contribution in [-0.4, -0.2) is 43.5 Å². The molecule has 0 saturated carbocycles. The highest BCUT2D eigenvalue weighted by Gasteiger charge is 2.19. The van der Waals surface area contributed by atoms with E-state index in [-0.39, 0.29) is 11.9 Å². The molecule has 0 aliphatic rings. The Morgan fingerprint density at radius 3 is 2.38 bits per heavy atom. The van der Waals surface area contributed by atoms with Crippen molar-refractivity contribution in [3.8, 4) is 0 Å². The first-order valence-corrected chi connectivity index (χ1v) is 7.63. The molecule has 1 aromatic carbocycles. The summed E-state index contributed by atoms with van der Waals surface area (Å²) in [5.41, 5.74) is 7.12. The molecule has 0 aliphatic heterocycles. The van der Waals surface area contributed by atoms with Gasteiger partial charge in [0.25, 0.3) is 0 Å². The van der Waals surface area contributed by atoms with Gasteiger partial charge in [0, 0.05) is 12.6 Å². The van der Waals surface area contributed by atoms with Crippen LogP contribution < -0.4 is 11.1 Å². The number of hydrogen-bond donors (Lipinski definition) is 2. The SMILES string of the molecule is CC(C)CC(CN(C)C)NC(=O)[C@@H](N)Cc1ccccc1. The van der Waals surface area contributed by atoms with E-state index < -0.39 is 6.04 Å². The van der Waals surface area contributed by atoms with Crippen LogP contribution >= 0.6 is 0 Å². The van der Waals surface area contributed by atoms with Crippen LogP contribution in [0.4, 0.5) is 0 Å². The van der Waals surface area contributed by atoms with Crippen LogP contribution in [0.5, 0.6) is 0 Å². The smallest absolute Gasteiger partial charge is 0.237 e. The van der Waals surface area contributed by atoms with Gasteiger partial charge in [-0.2, -0.15) is 0 Å². The summed E-state index contributed by atoms with van der Waals surface area (Å²) >= 11 is 0. The minimum Gasteiger partial charge on any atom is -0.351 e. The van der Waals surface area contributed by atoms with Gasteiger partial charge < -0.3 is 16.0 Å². The lowest BCUT2D eigenvalue weighted by molar-refractivity contribution is -0.123. The lowest BCUT2D eigenvalue weighted by atomic mass is 10.0. The molecule has 118 valence electrons. The zero-order valence-corrected chi connectivity index (χ0v) is 13.7. The highest BCUT2D eigenvalue weighted by molar-refractivity contribution is 5.82. The molecular weight excluding hydrogens is 262 g/mol. The maximum absolute atomic E-state index is 12.3. The lowest BCUT2D eigenvalue weighted by Gasteiger charge is -2.25. The van der Waals surface area contributed by atoms with Crippen molar-refractivity contribution in [2.45, 2.75) is 38.8 Å². The molecule has 4 nitrogen and oxygen atoms in total. The van der Waals surface area contributed by atoms with E-state index in [1.807, 2.05) is 44.4 Å². The summed E-state index contributed by atoms with van der Waals surface area (Å²) < 4.78 is 0. The van der Waals surface area contributed by atoms with Gasteiger partial charge in [-0.25, -0.2) is 0 Å². The summed E-state index contributed by atoms with van der Waals surface area (Å²) in [6, 6.07) is 9.54. The maximum Gasteiger partial charge on any atom is 0.237 e. The predicted molar refractivity (Wildman–Crippen MR) is 88.1 cm³/mol. The first kappa shape index (κ1) is 17.7. The van der Waals surface area contributed by atoms with E-state index in [2.05, 4.69) is 24.1 Å². The number of benzene rings is 1. The number of nitrogens with zero attached hydrogens (tertiary/aromatic N) is 1. The Morgan fingerprint density at radius 2 is 1.86 bits per heavy atom. The summed E-state index contributed by atoms with van der Waals surface area (Å²) in [4.78, 5) is 14.4. The summed E-state index contributed by atoms with van der Waals surface area (Å²) in [6.45, 7) is 5.17. The average Bonchev–Trinajstić information content (AvgIpc) is 2.38. The monoisotopic (exact) mass is 291 g/mol. The molecule has 1 rings (SSSR count). The summed E-state index contributed by atoms with van der Waals surface area (Å²) in [5.74, 6) is 0.479. The maximum atomic E-state index is 12.3. The van der Waals surface area contributed by atoms with Crippen molar-refractivity contribution < 1.29 is 4.79 Å². The van der Waals surface area contributed by atoms with Gasteiger partial charge in [-0.3, -0.25) is 4.79 Å². The molecule has 21 heavy (non-hydrogen) atoms. The first-order valence-electron chi connectivity index (χ1n) is 7.63. The molecule has 0 fully saturated rings. The van der Waals surface area contributed by atoms with E-state index in [1.165, 1.54) is 0 Å². The van der Waals surface area contributed by atoms with Crippen molar-refractivity contribution in [3.63, 3.8) is 0 Å². The van der Waals surface area contributed by atoms with Crippen molar-refractivity contribution in [3.05, 3.63) is 35.9 Å². The van der Waals surface area contributed by atoms with E-state index in [9.17, 15) is 4.79 Å². The van der Waals surface area contributed by atoms with Crippen LogP contribution in [0.3, 0.4) is 0 Å². The van der Waals surface area contributed by atoms with Gasteiger partial charge in [0.1, 0.15) is 0 Å². The van der Waals surface area contributed by atoms with Crippen LogP contribution in [0, 0.1) is 5.92 Å². The van der Waals surface area contributed by atoms with Crippen LogP contribution in [0.1, 0.15) is 25.8 Å². The molecule has 1 aromatic rings. The fourth-order valence-electron chi connectivity index (χ4n) is 2.46. The molecule has 0 saturated heterocycles. The molecule has 1 unspecified atom stereocenters. The second kappa shape index (κ2) is 8.80. The first-order chi connectivity index (χ1) is 9.88. The molecule has 4 heteroatoms. The Bertz CT molecular complexity index is 407. The fourth-order valence-corrected chi connectivity index (χ4v) is 2.46. The van der Waals surface area contributed by atoms with Crippen molar-refractivity contribution in [1.29, 1.82) is 0 Å². The van der Waals surface area contributed by atoms with Gasteiger partial charge in [0.2, 0.25) is 5.91 Å². The number of carbonyl (C=O) groups is 1. The molecule has 3 N–H and O–H groups in total. The molecule has 0 aliphatic carbocycles.